The summed E-state index contributed by atoms with van der Waals surface area (Å²) in [5.41, 5.74) is 0.789. The first-order chi connectivity index (χ1) is 6.02. The molecule has 66 valence electrons. The topological polar surface area (TPSA) is 34.1 Å². The van der Waals surface area contributed by atoms with Gasteiger partial charge < -0.3 is 0 Å². The van der Waals surface area contributed by atoms with Crippen LogP contribution in [0.4, 0.5) is 4.39 Å². The molecular weight excluding hydrogens is 190 g/mol. The van der Waals surface area contributed by atoms with Crippen LogP contribution in [0.25, 0.3) is 0 Å². The molecule has 2 radical (unpaired) electrons. The minimum absolute atomic E-state index is 0.0343. The predicted octanol–water partition coefficient (Wildman–Crippen LogP) is -0.0507. The summed E-state index contributed by atoms with van der Waals surface area (Å²) in [6.45, 7) is 0. The van der Waals surface area contributed by atoms with Gasteiger partial charge in [-0.1, -0.05) is 11.5 Å². The van der Waals surface area contributed by atoms with Crippen molar-refractivity contribution in [3.05, 3.63) is 23.5 Å². The first kappa shape index (κ1) is 8.75. The van der Waals surface area contributed by atoms with Crippen molar-refractivity contribution in [1.29, 1.82) is 0 Å². The van der Waals surface area contributed by atoms with E-state index < -0.39 is 15.7 Å². The summed E-state index contributed by atoms with van der Waals surface area (Å²) >= 11 is 0. The Labute approximate surface area is 77.1 Å². The fourth-order valence-corrected chi connectivity index (χ4v) is 3.18. The largest absolute Gasteiger partial charge is 0.224 e. The molecule has 5 heteroatoms. The molecule has 1 aromatic rings. The summed E-state index contributed by atoms with van der Waals surface area (Å²) < 4.78 is 35.8. The Morgan fingerprint density at radius 2 is 2.08 bits per heavy atom. The highest BCUT2D eigenvalue weighted by Crippen LogP contribution is 2.26. The molecule has 0 N–H and O–H groups in total. The van der Waals surface area contributed by atoms with Gasteiger partial charge in [0.25, 0.3) is 0 Å². The monoisotopic (exact) mass is 196 g/mol. The number of fused-ring (bicyclic) bond motifs is 1. The summed E-state index contributed by atoms with van der Waals surface area (Å²) in [7, 11) is 2.12. The summed E-state index contributed by atoms with van der Waals surface area (Å²) in [5, 5.41) is 0. The smallest absolute Gasteiger partial charge is 0.181 e. The Hall–Kier alpha value is -0.835. The van der Waals surface area contributed by atoms with E-state index in [-0.39, 0.29) is 10.6 Å². The Bertz CT molecular complexity index is 467. The molecule has 1 aliphatic heterocycles. The van der Waals surface area contributed by atoms with Gasteiger partial charge in [0, 0.05) is 0 Å². The number of rotatable bonds is 0. The number of benzene rings is 1. The molecule has 0 aliphatic carbocycles. The Kier molecular flexibility index (Phi) is 1.73. The molecule has 0 saturated carbocycles. The van der Waals surface area contributed by atoms with E-state index in [0.717, 1.165) is 6.07 Å². The van der Waals surface area contributed by atoms with Crippen molar-refractivity contribution in [2.75, 3.05) is 5.75 Å². The standard InChI is InChI=1S/C8H6BFO2S/c9-6-1-2-7(10)8-5(6)3-4-13(8,11)12/h1-2H,3-4H2. The second-order valence-electron chi connectivity index (χ2n) is 3.01. The van der Waals surface area contributed by atoms with Gasteiger partial charge in [0.2, 0.25) is 0 Å². The van der Waals surface area contributed by atoms with Gasteiger partial charge in [-0.05, 0) is 18.1 Å². The average Bonchev–Trinajstić information content (AvgIpc) is 2.36. The van der Waals surface area contributed by atoms with Crippen molar-refractivity contribution in [1.82, 2.24) is 0 Å². The highest BCUT2D eigenvalue weighted by atomic mass is 32.2. The fourth-order valence-electron chi connectivity index (χ4n) is 1.55. The summed E-state index contributed by atoms with van der Waals surface area (Å²) in [4.78, 5) is -0.201. The zero-order valence-corrected chi connectivity index (χ0v) is 7.57. The zero-order valence-electron chi connectivity index (χ0n) is 6.75. The fraction of sp³-hybridized carbons (Fsp3) is 0.250. The third-order valence-corrected chi connectivity index (χ3v) is 3.99. The summed E-state index contributed by atoms with van der Waals surface area (Å²) in [6, 6.07) is 2.49. The van der Waals surface area contributed by atoms with Gasteiger partial charge in [-0.3, -0.25) is 0 Å². The lowest BCUT2D eigenvalue weighted by atomic mass is 9.89. The maximum atomic E-state index is 13.1. The van der Waals surface area contributed by atoms with Crippen molar-refractivity contribution in [3.63, 3.8) is 0 Å². The van der Waals surface area contributed by atoms with Crippen LogP contribution in [0.3, 0.4) is 0 Å². The van der Waals surface area contributed by atoms with E-state index in [1.807, 2.05) is 0 Å². The van der Waals surface area contributed by atoms with Crippen LogP contribution in [0.5, 0.6) is 0 Å². The number of halogens is 1. The van der Waals surface area contributed by atoms with Crippen molar-refractivity contribution < 1.29 is 12.8 Å². The number of sulfone groups is 1. The molecular formula is C8H6BFO2S. The third kappa shape index (κ3) is 1.18. The first-order valence-electron chi connectivity index (χ1n) is 3.82. The minimum Gasteiger partial charge on any atom is -0.224 e. The molecule has 1 heterocycles. The van der Waals surface area contributed by atoms with E-state index >= 15 is 0 Å². The zero-order chi connectivity index (χ0) is 9.64. The summed E-state index contributed by atoms with van der Waals surface area (Å²) in [6.07, 6.45) is 0.321. The molecule has 1 aromatic carbocycles. The van der Waals surface area contributed by atoms with Gasteiger partial charge in [0.15, 0.2) is 9.84 Å². The third-order valence-electron chi connectivity index (χ3n) is 2.18. The maximum absolute atomic E-state index is 13.1. The van der Waals surface area contributed by atoms with Gasteiger partial charge in [-0.15, -0.1) is 0 Å². The van der Waals surface area contributed by atoms with E-state index in [1.54, 1.807) is 0 Å². The molecule has 1 aliphatic rings. The summed E-state index contributed by atoms with van der Waals surface area (Å²) in [5.74, 6) is -0.727. The van der Waals surface area contributed by atoms with Gasteiger partial charge in [-0.2, -0.15) is 0 Å². The van der Waals surface area contributed by atoms with Crippen molar-refractivity contribution in [3.8, 4) is 0 Å². The van der Waals surface area contributed by atoms with Gasteiger partial charge in [0.1, 0.15) is 18.6 Å². The lowest BCUT2D eigenvalue weighted by Gasteiger charge is -2.03. The van der Waals surface area contributed by atoms with Crippen LogP contribution in [0.2, 0.25) is 0 Å². The molecule has 0 aromatic heterocycles. The predicted molar refractivity (Wildman–Crippen MR) is 47.5 cm³/mol. The first-order valence-corrected chi connectivity index (χ1v) is 5.47. The lowest BCUT2D eigenvalue weighted by molar-refractivity contribution is 0.572. The molecule has 0 saturated heterocycles. The molecule has 0 amide bonds. The van der Waals surface area contributed by atoms with E-state index in [1.165, 1.54) is 6.07 Å². The quantitative estimate of drug-likeness (QED) is 0.545. The highest BCUT2D eigenvalue weighted by molar-refractivity contribution is 7.91. The van der Waals surface area contributed by atoms with E-state index in [2.05, 4.69) is 0 Å². The highest BCUT2D eigenvalue weighted by Gasteiger charge is 2.30. The SMILES string of the molecule is [B]c1ccc(F)c2c1CCS2(=O)=O. The number of hydrogen-bond donors (Lipinski definition) is 0. The second kappa shape index (κ2) is 2.58. The van der Waals surface area contributed by atoms with Crippen molar-refractivity contribution in [2.24, 2.45) is 0 Å². The number of hydrogen-bond acceptors (Lipinski definition) is 2. The molecule has 13 heavy (non-hydrogen) atoms. The molecule has 0 spiro atoms. The van der Waals surface area contributed by atoms with Crippen LogP contribution in [0.1, 0.15) is 5.56 Å². The van der Waals surface area contributed by atoms with Crippen LogP contribution >= 0.6 is 0 Å². The molecule has 0 unspecified atom stereocenters. The van der Waals surface area contributed by atoms with Crippen LogP contribution in [-0.2, 0) is 16.3 Å². The molecule has 2 rings (SSSR count). The Balaban J connectivity index is 2.85. The minimum atomic E-state index is -3.41. The second-order valence-corrected chi connectivity index (χ2v) is 5.06. The van der Waals surface area contributed by atoms with E-state index in [4.69, 9.17) is 7.85 Å². The van der Waals surface area contributed by atoms with Crippen LogP contribution in [0.15, 0.2) is 17.0 Å². The van der Waals surface area contributed by atoms with Crippen LogP contribution in [0, 0.1) is 5.82 Å². The normalized spacial score (nSPS) is 18.5. The van der Waals surface area contributed by atoms with Gasteiger partial charge in [0.05, 0.1) is 5.75 Å². The average molecular weight is 196 g/mol. The van der Waals surface area contributed by atoms with Gasteiger partial charge >= 0.3 is 0 Å². The lowest BCUT2D eigenvalue weighted by Crippen LogP contribution is -2.11. The van der Waals surface area contributed by atoms with E-state index in [0.29, 0.717) is 17.4 Å². The Morgan fingerprint density at radius 1 is 1.38 bits per heavy atom. The Morgan fingerprint density at radius 3 is 2.69 bits per heavy atom. The van der Waals surface area contributed by atoms with Gasteiger partial charge in [-0.25, -0.2) is 12.8 Å². The van der Waals surface area contributed by atoms with Crippen LogP contribution < -0.4 is 5.46 Å². The van der Waals surface area contributed by atoms with E-state index in [9.17, 15) is 12.8 Å². The van der Waals surface area contributed by atoms with Crippen molar-refractivity contribution in [2.45, 2.75) is 11.3 Å². The molecule has 2 nitrogen and oxygen atoms in total. The molecule has 0 atom stereocenters. The van der Waals surface area contributed by atoms with Crippen molar-refractivity contribution >= 4 is 23.1 Å². The maximum Gasteiger partial charge on any atom is 0.181 e. The molecule has 0 bridgehead atoms. The molecule has 0 fully saturated rings. The van der Waals surface area contributed by atoms with Crippen LogP contribution in [-0.4, -0.2) is 22.0 Å².